The van der Waals surface area contributed by atoms with Crippen molar-refractivity contribution < 1.29 is 10.2 Å². The number of unbranched alkanes of at least 4 members (excludes halogenated alkanes) is 7. The van der Waals surface area contributed by atoms with Crippen LogP contribution in [0.5, 0.6) is 0 Å². The van der Waals surface area contributed by atoms with Crippen molar-refractivity contribution in [2.75, 3.05) is 19.6 Å². The first-order valence-corrected chi connectivity index (χ1v) is 12.5. The SMILES string of the molecule is CC(C)CCCCCCCCCCN(CC(O)Cn1ccnc1)CC(O)Cn1ccnc1. The van der Waals surface area contributed by atoms with Gasteiger partial charge in [-0.3, -0.25) is 4.90 Å². The maximum absolute atomic E-state index is 10.6. The molecule has 2 aromatic heterocycles. The Hall–Kier alpha value is -1.70. The Morgan fingerprint density at radius 3 is 1.62 bits per heavy atom. The second kappa shape index (κ2) is 16.0. The molecule has 0 saturated heterocycles. The largest absolute Gasteiger partial charge is 0.390 e. The fourth-order valence-electron chi connectivity index (χ4n) is 4.19. The van der Waals surface area contributed by atoms with Crippen LogP contribution in [0.3, 0.4) is 0 Å². The molecule has 2 rings (SSSR count). The van der Waals surface area contributed by atoms with E-state index in [1.165, 1.54) is 51.4 Å². The van der Waals surface area contributed by atoms with E-state index >= 15 is 0 Å². The Labute approximate surface area is 194 Å². The molecule has 7 heteroatoms. The van der Waals surface area contributed by atoms with Gasteiger partial charge < -0.3 is 19.3 Å². The topological polar surface area (TPSA) is 79.3 Å². The molecule has 0 aromatic carbocycles. The fraction of sp³-hybridized carbons (Fsp3) is 0.760. The van der Waals surface area contributed by atoms with Crippen molar-refractivity contribution in [1.82, 2.24) is 24.0 Å². The number of hydrogen-bond acceptors (Lipinski definition) is 5. The lowest BCUT2D eigenvalue weighted by molar-refractivity contribution is 0.0550. The Kier molecular flexibility index (Phi) is 13.3. The van der Waals surface area contributed by atoms with Crippen molar-refractivity contribution in [3.05, 3.63) is 37.4 Å². The highest BCUT2D eigenvalue weighted by molar-refractivity contribution is 4.79. The highest BCUT2D eigenvalue weighted by atomic mass is 16.3. The van der Waals surface area contributed by atoms with Crippen molar-refractivity contribution in [3.63, 3.8) is 0 Å². The monoisotopic (exact) mass is 447 g/mol. The van der Waals surface area contributed by atoms with Crippen molar-refractivity contribution in [2.45, 2.75) is 96.9 Å². The van der Waals surface area contributed by atoms with E-state index in [1.807, 2.05) is 21.5 Å². The van der Waals surface area contributed by atoms with Gasteiger partial charge in [-0.05, 0) is 18.9 Å². The van der Waals surface area contributed by atoms with Crippen molar-refractivity contribution in [2.24, 2.45) is 5.92 Å². The van der Waals surface area contributed by atoms with Gasteiger partial charge in [0.2, 0.25) is 0 Å². The van der Waals surface area contributed by atoms with Gasteiger partial charge in [0.25, 0.3) is 0 Å². The van der Waals surface area contributed by atoms with Crippen LogP contribution in [-0.2, 0) is 13.1 Å². The minimum absolute atomic E-state index is 0.490. The van der Waals surface area contributed by atoms with Crippen LogP contribution < -0.4 is 0 Å². The zero-order valence-corrected chi connectivity index (χ0v) is 20.2. The van der Waals surface area contributed by atoms with E-state index < -0.39 is 12.2 Å². The van der Waals surface area contributed by atoms with E-state index in [-0.39, 0.29) is 0 Å². The standard InChI is InChI=1S/C25H45N5O2/c1-23(2)11-9-7-5-3-4-6-8-10-14-28(17-24(31)19-29-15-12-26-21-29)18-25(32)20-30-16-13-27-22-30/h12-13,15-16,21-25,31-32H,3-11,14,17-20H2,1-2H3. The highest BCUT2D eigenvalue weighted by Crippen LogP contribution is 2.13. The molecule has 2 aromatic rings. The molecule has 7 nitrogen and oxygen atoms in total. The van der Waals surface area contributed by atoms with E-state index in [9.17, 15) is 10.2 Å². The summed E-state index contributed by atoms with van der Waals surface area (Å²) in [6.07, 6.45) is 21.3. The van der Waals surface area contributed by atoms with E-state index in [0.29, 0.717) is 26.2 Å². The van der Waals surface area contributed by atoms with Crippen LogP contribution in [-0.4, -0.2) is 66.1 Å². The number of aromatic nitrogens is 4. The zero-order chi connectivity index (χ0) is 23.0. The van der Waals surface area contributed by atoms with Crippen LogP contribution in [0.2, 0.25) is 0 Å². The van der Waals surface area contributed by atoms with Crippen molar-refractivity contribution in [3.8, 4) is 0 Å². The number of hydrogen-bond donors (Lipinski definition) is 2. The molecular formula is C25H45N5O2. The third-order valence-corrected chi connectivity index (χ3v) is 5.91. The Bertz CT molecular complexity index is 616. The first-order valence-electron chi connectivity index (χ1n) is 12.5. The van der Waals surface area contributed by atoms with Crippen molar-refractivity contribution >= 4 is 0 Å². The van der Waals surface area contributed by atoms with Gasteiger partial charge >= 0.3 is 0 Å². The number of imidazole rings is 2. The van der Waals surface area contributed by atoms with Crippen LogP contribution in [0.1, 0.15) is 71.6 Å². The maximum atomic E-state index is 10.6. The third-order valence-electron chi connectivity index (χ3n) is 5.91. The molecule has 2 atom stereocenters. The van der Waals surface area contributed by atoms with Crippen LogP contribution >= 0.6 is 0 Å². The quantitative estimate of drug-likeness (QED) is 0.319. The average Bonchev–Trinajstić information content (AvgIpc) is 3.43. The van der Waals surface area contributed by atoms with Gasteiger partial charge in [-0.1, -0.05) is 65.2 Å². The first kappa shape index (κ1) is 26.6. The second-order valence-electron chi connectivity index (χ2n) is 9.60. The van der Waals surface area contributed by atoms with Gasteiger partial charge in [-0.15, -0.1) is 0 Å². The minimum Gasteiger partial charge on any atom is -0.390 e. The highest BCUT2D eigenvalue weighted by Gasteiger charge is 2.16. The molecule has 0 bridgehead atoms. The summed E-state index contributed by atoms with van der Waals surface area (Å²) in [4.78, 5) is 10.3. The summed E-state index contributed by atoms with van der Waals surface area (Å²) in [5.74, 6) is 0.829. The fourth-order valence-corrected chi connectivity index (χ4v) is 4.19. The van der Waals surface area contributed by atoms with Gasteiger partial charge in [0.05, 0.1) is 38.0 Å². The molecule has 0 aliphatic carbocycles. The van der Waals surface area contributed by atoms with Gasteiger partial charge in [0.1, 0.15) is 0 Å². The summed E-state index contributed by atoms with van der Waals surface area (Å²) in [6.45, 7) is 7.64. The summed E-state index contributed by atoms with van der Waals surface area (Å²) >= 11 is 0. The zero-order valence-electron chi connectivity index (χ0n) is 20.2. The molecule has 0 fully saturated rings. The van der Waals surface area contributed by atoms with Gasteiger partial charge in [-0.2, -0.15) is 0 Å². The lowest BCUT2D eigenvalue weighted by Gasteiger charge is -2.27. The van der Waals surface area contributed by atoms with Crippen LogP contribution in [0, 0.1) is 5.92 Å². The van der Waals surface area contributed by atoms with Gasteiger partial charge in [0.15, 0.2) is 0 Å². The summed E-state index contributed by atoms with van der Waals surface area (Å²) in [7, 11) is 0. The Morgan fingerprint density at radius 2 is 1.19 bits per heavy atom. The van der Waals surface area contributed by atoms with Crippen LogP contribution in [0.25, 0.3) is 0 Å². The van der Waals surface area contributed by atoms with Crippen LogP contribution in [0.4, 0.5) is 0 Å². The smallest absolute Gasteiger partial charge is 0.0946 e. The molecule has 0 amide bonds. The number of nitrogens with zero attached hydrogens (tertiary/aromatic N) is 5. The van der Waals surface area contributed by atoms with E-state index in [0.717, 1.165) is 18.9 Å². The molecule has 32 heavy (non-hydrogen) atoms. The number of aliphatic hydroxyl groups is 2. The molecule has 0 saturated carbocycles. The molecule has 2 heterocycles. The molecule has 0 aliphatic rings. The molecule has 0 aliphatic heterocycles. The molecular weight excluding hydrogens is 402 g/mol. The Morgan fingerprint density at radius 1 is 0.719 bits per heavy atom. The molecule has 2 unspecified atom stereocenters. The van der Waals surface area contributed by atoms with E-state index in [4.69, 9.17) is 0 Å². The molecule has 0 radical (unpaired) electrons. The molecule has 182 valence electrons. The first-order chi connectivity index (χ1) is 15.5. The third kappa shape index (κ3) is 12.4. The Balaban J connectivity index is 1.66. The van der Waals surface area contributed by atoms with Gasteiger partial charge in [-0.25, -0.2) is 9.97 Å². The summed E-state index contributed by atoms with van der Waals surface area (Å²) < 4.78 is 3.79. The molecule has 2 N–H and O–H groups in total. The summed E-state index contributed by atoms with van der Waals surface area (Å²) in [5.41, 5.74) is 0. The number of aliphatic hydroxyl groups excluding tert-OH is 2. The minimum atomic E-state index is -0.490. The van der Waals surface area contributed by atoms with Crippen LogP contribution in [0.15, 0.2) is 37.4 Å². The predicted molar refractivity (Wildman–Crippen MR) is 129 cm³/mol. The summed E-state index contributed by atoms with van der Waals surface area (Å²) in [5, 5.41) is 21.1. The predicted octanol–water partition coefficient (Wildman–Crippen LogP) is 3.97. The molecule has 0 spiro atoms. The van der Waals surface area contributed by atoms with Gasteiger partial charge in [0, 0.05) is 37.9 Å². The van der Waals surface area contributed by atoms with E-state index in [1.54, 1.807) is 25.0 Å². The summed E-state index contributed by atoms with van der Waals surface area (Å²) in [6, 6.07) is 0. The average molecular weight is 448 g/mol. The second-order valence-corrected chi connectivity index (χ2v) is 9.60. The number of rotatable bonds is 19. The maximum Gasteiger partial charge on any atom is 0.0946 e. The normalized spacial score (nSPS) is 13.8. The lowest BCUT2D eigenvalue weighted by atomic mass is 10.0. The van der Waals surface area contributed by atoms with E-state index in [2.05, 4.69) is 28.7 Å². The van der Waals surface area contributed by atoms with Crippen molar-refractivity contribution in [1.29, 1.82) is 0 Å². The lowest BCUT2D eigenvalue weighted by Crippen LogP contribution is -2.41.